The number of benzene rings is 6. The molecule has 0 aliphatic carbocycles. The molecule has 6 aromatic rings. The molecule has 43 heavy (non-hydrogen) atoms. The van der Waals surface area contributed by atoms with Crippen LogP contribution in [0.5, 0.6) is 0 Å². The molecule has 6 aromatic carbocycles. The summed E-state index contributed by atoms with van der Waals surface area (Å²) in [5, 5.41) is 11.2. The first-order valence-corrected chi connectivity index (χ1v) is 15.3. The van der Waals surface area contributed by atoms with Gasteiger partial charge in [0.15, 0.2) is 0 Å². The van der Waals surface area contributed by atoms with Crippen molar-refractivity contribution in [1.82, 2.24) is 5.32 Å². The molecule has 208 valence electrons. The van der Waals surface area contributed by atoms with E-state index in [1.54, 1.807) is 0 Å². The van der Waals surface area contributed by atoms with Crippen molar-refractivity contribution in [3.63, 3.8) is 0 Å². The lowest BCUT2D eigenvalue weighted by molar-refractivity contribution is 0.976. The minimum absolute atomic E-state index is 0.871. The molecule has 0 saturated heterocycles. The van der Waals surface area contributed by atoms with Crippen molar-refractivity contribution in [2.24, 2.45) is 0 Å². The second-order valence-corrected chi connectivity index (χ2v) is 11.2. The monoisotopic (exact) mass is 553 g/mol. The molecule has 0 fully saturated rings. The van der Waals surface area contributed by atoms with Gasteiger partial charge in [0.1, 0.15) is 0 Å². The number of rotatable bonds is 6. The van der Waals surface area contributed by atoms with Gasteiger partial charge in [-0.2, -0.15) is 0 Å². The Morgan fingerprint density at radius 1 is 0.628 bits per heavy atom. The highest BCUT2D eigenvalue weighted by atomic mass is 14.8. The molecule has 0 atom stereocenters. The van der Waals surface area contributed by atoms with Crippen molar-refractivity contribution in [2.75, 3.05) is 6.54 Å². The zero-order valence-corrected chi connectivity index (χ0v) is 24.8. The highest BCUT2D eigenvalue weighted by Gasteiger charge is 2.12. The van der Waals surface area contributed by atoms with Crippen LogP contribution >= 0.6 is 0 Å². The number of hydrogen-bond donors (Lipinski definition) is 1. The van der Waals surface area contributed by atoms with Crippen LogP contribution in [0.3, 0.4) is 0 Å². The Bertz CT molecular complexity index is 2080. The molecular formula is C42H35N. The summed E-state index contributed by atoms with van der Waals surface area (Å²) >= 11 is 0. The van der Waals surface area contributed by atoms with Crippen LogP contribution in [0.4, 0.5) is 0 Å². The molecule has 1 nitrogen and oxygen atoms in total. The van der Waals surface area contributed by atoms with Gasteiger partial charge in [-0.3, -0.25) is 0 Å². The molecule has 0 saturated carbocycles. The topological polar surface area (TPSA) is 12.0 Å². The quantitative estimate of drug-likeness (QED) is 0.160. The van der Waals surface area contributed by atoms with E-state index in [2.05, 4.69) is 165 Å². The number of fused-ring (bicyclic) bond motifs is 6. The Morgan fingerprint density at radius 2 is 1.23 bits per heavy atom. The average molecular weight is 554 g/mol. The molecule has 0 radical (unpaired) electrons. The van der Waals surface area contributed by atoms with Gasteiger partial charge < -0.3 is 5.32 Å². The van der Waals surface area contributed by atoms with Crippen LogP contribution < -0.4 is 5.32 Å². The Balaban J connectivity index is 1.38. The van der Waals surface area contributed by atoms with Crippen molar-refractivity contribution in [1.29, 1.82) is 0 Å². The summed E-state index contributed by atoms with van der Waals surface area (Å²) in [4.78, 5) is 0. The van der Waals surface area contributed by atoms with Gasteiger partial charge in [-0.05, 0) is 121 Å². The van der Waals surface area contributed by atoms with E-state index in [1.807, 2.05) is 0 Å². The predicted octanol–water partition coefficient (Wildman–Crippen LogP) is 11.3. The summed E-state index contributed by atoms with van der Waals surface area (Å²) in [5.74, 6) is 0. The van der Waals surface area contributed by atoms with E-state index in [1.165, 1.54) is 76.8 Å². The van der Waals surface area contributed by atoms with Gasteiger partial charge >= 0.3 is 0 Å². The molecule has 0 amide bonds. The fourth-order valence-electron chi connectivity index (χ4n) is 6.39. The van der Waals surface area contributed by atoms with Crippen LogP contribution in [0.1, 0.15) is 31.4 Å². The van der Waals surface area contributed by atoms with E-state index in [0.29, 0.717) is 0 Å². The summed E-state index contributed by atoms with van der Waals surface area (Å²) < 4.78 is 0. The van der Waals surface area contributed by atoms with E-state index in [0.717, 1.165) is 13.0 Å². The van der Waals surface area contributed by atoms with Crippen molar-refractivity contribution in [2.45, 2.75) is 20.3 Å². The van der Waals surface area contributed by atoms with E-state index in [9.17, 15) is 0 Å². The van der Waals surface area contributed by atoms with Crippen LogP contribution in [0, 0.1) is 0 Å². The van der Waals surface area contributed by atoms with Crippen molar-refractivity contribution in [3.8, 4) is 22.3 Å². The van der Waals surface area contributed by atoms with Gasteiger partial charge in [-0.15, -0.1) is 0 Å². The fraction of sp³-hybridized carbons (Fsp3) is 0.0952. The summed E-state index contributed by atoms with van der Waals surface area (Å²) in [6, 6.07) is 40.5. The second kappa shape index (κ2) is 11.6. The lowest BCUT2D eigenvalue weighted by atomic mass is 9.90. The third-order valence-electron chi connectivity index (χ3n) is 8.57. The summed E-state index contributed by atoms with van der Waals surface area (Å²) in [7, 11) is 0. The molecule has 1 aliphatic rings. The number of allylic oxidation sites excluding steroid dienone is 6. The Hall–Kier alpha value is -5.14. The zero-order valence-electron chi connectivity index (χ0n) is 24.8. The molecule has 0 unspecified atom stereocenters. The molecule has 0 aromatic heterocycles. The van der Waals surface area contributed by atoms with Crippen LogP contribution in [-0.2, 0) is 0 Å². The first kappa shape index (κ1) is 26.7. The highest BCUT2D eigenvalue weighted by molar-refractivity contribution is 6.25. The third-order valence-corrected chi connectivity index (χ3v) is 8.57. The fourth-order valence-corrected chi connectivity index (χ4v) is 6.39. The molecule has 1 heteroatoms. The van der Waals surface area contributed by atoms with Crippen LogP contribution in [0.15, 0.2) is 146 Å². The normalized spacial score (nSPS) is 13.6. The number of dihydropyridines is 1. The molecule has 0 spiro atoms. The minimum atomic E-state index is 0.871. The predicted molar refractivity (Wildman–Crippen MR) is 188 cm³/mol. The van der Waals surface area contributed by atoms with Gasteiger partial charge in [0.05, 0.1) is 0 Å². The van der Waals surface area contributed by atoms with Crippen LogP contribution in [-0.4, -0.2) is 6.54 Å². The first-order valence-electron chi connectivity index (χ1n) is 15.3. The molecule has 0 bridgehead atoms. The first-order chi connectivity index (χ1) is 21.2. The van der Waals surface area contributed by atoms with Crippen LogP contribution in [0.2, 0.25) is 0 Å². The number of nitrogens with one attached hydrogen (secondary N) is 1. The summed E-state index contributed by atoms with van der Waals surface area (Å²) in [6.07, 6.45) is 14.0. The molecule has 1 aliphatic heterocycles. The highest BCUT2D eigenvalue weighted by Crippen LogP contribution is 2.38. The minimum Gasteiger partial charge on any atom is -0.387 e. The SMILES string of the molecule is C/C=C\C=C(/CC)c1cc(C2=CNCC=C2)cc(-c2cccc(-c3ccc4c5ccccc5c5ccccc5c4c3)c2)c1. The number of hydrogen-bond acceptors (Lipinski definition) is 1. The van der Waals surface area contributed by atoms with Gasteiger partial charge in [0.25, 0.3) is 0 Å². The zero-order chi connectivity index (χ0) is 29.2. The second-order valence-electron chi connectivity index (χ2n) is 11.2. The van der Waals surface area contributed by atoms with E-state index >= 15 is 0 Å². The lowest BCUT2D eigenvalue weighted by Gasteiger charge is -2.16. The van der Waals surface area contributed by atoms with Gasteiger partial charge in [-0.25, -0.2) is 0 Å². The lowest BCUT2D eigenvalue weighted by Crippen LogP contribution is -2.08. The third kappa shape index (κ3) is 5.08. The summed E-state index contributed by atoms with van der Waals surface area (Å²) in [5.41, 5.74) is 9.94. The van der Waals surface area contributed by atoms with Crippen molar-refractivity contribution < 1.29 is 0 Å². The van der Waals surface area contributed by atoms with E-state index in [4.69, 9.17) is 0 Å². The molecule has 1 heterocycles. The molecular weight excluding hydrogens is 518 g/mol. The van der Waals surface area contributed by atoms with E-state index < -0.39 is 0 Å². The van der Waals surface area contributed by atoms with E-state index in [-0.39, 0.29) is 0 Å². The molecule has 1 N–H and O–H groups in total. The van der Waals surface area contributed by atoms with Gasteiger partial charge in [0, 0.05) is 12.7 Å². The summed E-state index contributed by atoms with van der Waals surface area (Å²) in [6.45, 7) is 5.17. The average Bonchev–Trinajstić information content (AvgIpc) is 3.09. The maximum Gasteiger partial charge on any atom is 0.0328 e. The van der Waals surface area contributed by atoms with Crippen LogP contribution in [0.25, 0.3) is 65.7 Å². The van der Waals surface area contributed by atoms with Crippen molar-refractivity contribution in [3.05, 3.63) is 157 Å². The largest absolute Gasteiger partial charge is 0.387 e. The molecule has 7 rings (SSSR count). The maximum atomic E-state index is 3.38. The van der Waals surface area contributed by atoms with Crippen molar-refractivity contribution >= 4 is 43.5 Å². The Kier molecular flexibility index (Phi) is 7.23. The Morgan fingerprint density at radius 3 is 1.88 bits per heavy atom. The standard InChI is InChI=1S/C42H35N/c1-3-5-12-29(4-2)34-24-35(26-36(25-34)33-15-11-22-43-28-33)31-14-10-13-30(23-31)32-20-21-41-39-18-7-6-16-37(39)38-17-8-9-19-40(38)42(41)27-32/h3,5-21,23-28,43H,4,22H2,1-2H3/b5-3-,29-12+. The smallest absolute Gasteiger partial charge is 0.0328 e. The van der Waals surface area contributed by atoms with Gasteiger partial charge in [0.2, 0.25) is 0 Å². The Labute approximate surface area is 254 Å². The van der Waals surface area contributed by atoms with Gasteiger partial charge in [-0.1, -0.05) is 116 Å². The maximum absolute atomic E-state index is 3.38.